The summed E-state index contributed by atoms with van der Waals surface area (Å²) in [7, 11) is 0. The Morgan fingerprint density at radius 2 is 1.94 bits per heavy atom. The molecule has 2 rings (SSSR count). The van der Waals surface area contributed by atoms with E-state index in [2.05, 4.69) is 37.1 Å². The minimum atomic E-state index is 0.488. The van der Waals surface area contributed by atoms with Gasteiger partial charge in [-0.25, -0.2) is 9.97 Å². The lowest BCUT2D eigenvalue weighted by molar-refractivity contribution is 0.442. The molecule has 0 saturated carbocycles. The molecule has 1 N–H and O–H groups in total. The molecule has 0 unspecified atom stereocenters. The van der Waals surface area contributed by atoms with Gasteiger partial charge in [0, 0.05) is 17.3 Å². The smallest absolute Gasteiger partial charge is 0.132 e. The van der Waals surface area contributed by atoms with Crippen molar-refractivity contribution < 1.29 is 0 Å². The van der Waals surface area contributed by atoms with Crippen LogP contribution in [0, 0.1) is 6.92 Å². The zero-order chi connectivity index (χ0) is 11.5. The van der Waals surface area contributed by atoms with Gasteiger partial charge in [-0.2, -0.15) is 0 Å². The zero-order valence-corrected chi connectivity index (χ0v) is 10.5. The van der Waals surface area contributed by atoms with Gasteiger partial charge in [-0.15, -0.1) is 0 Å². The van der Waals surface area contributed by atoms with Crippen LogP contribution >= 0.6 is 0 Å². The van der Waals surface area contributed by atoms with Crippen molar-refractivity contribution in [1.29, 1.82) is 0 Å². The van der Waals surface area contributed by atoms with E-state index in [4.69, 9.17) is 4.98 Å². The van der Waals surface area contributed by atoms with E-state index < -0.39 is 0 Å². The summed E-state index contributed by atoms with van der Waals surface area (Å²) in [5.41, 5.74) is 2.29. The average Bonchev–Trinajstić information content (AvgIpc) is 2.29. The molecule has 1 aliphatic heterocycles. The Morgan fingerprint density at radius 3 is 2.56 bits per heavy atom. The molecule has 0 spiro atoms. The molecule has 2 heterocycles. The van der Waals surface area contributed by atoms with Crippen LogP contribution in [0.5, 0.6) is 0 Å². The number of nitrogens with one attached hydrogen (secondary N) is 1. The number of hydrogen-bond acceptors (Lipinski definition) is 3. The summed E-state index contributed by atoms with van der Waals surface area (Å²) in [6.07, 6.45) is 2.34. The largest absolute Gasteiger partial charge is 0.317 e. The van der Waals surface area contributed by atoms with Crippen LogP contribution in [0.3, 0.4) is 0 Å². The van der Waals surface area contributed by atoms with E-state index in [1.54, 1.807) is 0 Å². The lowest BCUT2D eigenvalue weighted by Gasteiger charge is -2.22. The number of aryl methyl sites for hydroxylation is 1. The summed E-state index contributed by atoms with van der Waals surface area (Å²) < 4.78 is 0. The molecule has 0 radical (unpaired) electrons. The molecule has 0 aromatic carbocycles. The van der Waals surface area contributed by atoms with Gasteiger partial charge in [-0.1, -0.05) is 13.8 Å². The highest BCUT2D eigenvalue weighted by molar-refractivity contribution is 5.15. The van der Waals surface area contributed by atoms with Crippen LogP contribution in [-0.4, -0.2) is 23.1 Å². The number of hydrogen-bond donors (Lipinski definition) is 1. The summed E-state index contributed by atoms with van der Waals surface area (Å²) in [5.74, 6) is 2.10. The Kier molecular flexibility index (Phi) is 3.54. The molecule has 1 aliphatic rings. The van der Waals surface area contributed by atoms with Gasteiger partial charge in [-0.05, 0) is 44.8 Å². The molecule has 1 aromatic rings. The topological polar surface area (TPSA) is 37.8 Å². The summed E-state index contributed by atoms with van der Waals surface area (Å²) in [6.45, 7) is 8.64. The first-order valence-corrected chi connectivity index (χ1v) is 6.23. The van der Waals surface area contributed by atoms with Crippen LogP contribution in [0.15, 0.2) is 6.07 Å². The molecule has 1 fully saturated rings. The third-order valence-corrected chi connectivity index (χ3v) is 3.19. The van der Waals surface area contributed by atoms with Gasteiger partial charge in [0.25, 0.3) is 0 Å². The molecule has 0 amide bonds. The zero-order valence-electron chi connectivity index (χ0n) is 10.5. The third kappa shape index (κ3) is 2.59. The van der Waals surface area contributed by atoms with Gasteiger partial charge >= 0.3 is 0 Å². The molecule has 0 bridgehead atoms. The highest BCUT2D eigenvalue weighted by atomic mass is 14.9. The van der Waals surface area contributed by atoms with Crippen molar-refractivity contribution in [3.63, 3.8) is 0 Å². The van der Waals surface area contributed by atoms with Crippen molar-refractivity contribution in [2.24, 2.45) is 0 Å². The highest BCUT2D eigenvalue weighted by Gasteiger charge is 2.19. The minimum absolute atomic E-state index is 0.488. The number of rotatable bonds is 2. The van der Waals surface area contributed by atoms with E-state index in [0.29, 0.717) is 11.8 Å². The number of nitrogens with zero attached hydrogens (tertiary/aromatic N) is 2. The van der Waals surface area contributed by atoms with E-state index in [1.165, 1.54) is 18.5 Å². The second-order valence-electron chi connectivity index (χ2n) is 4.97. The highest BCUT2D eigenvalue weighted by Crippen LogP contribution is 2.24. The van der Waals surface area contributed by atoms with Crippen LogP contribution in [0.4, 0.5) is 0 Å². The Hall–Kier alpha value is -0.960. The van der Waals surface area contributed by atoms with Gasteiger partial charge in [0.05, 0.1) is 0 Å². The monoisotopic (exact) mass is 219 g/mol. The molecule has 1 saturated heterocycles. The standard InChI is InChI=1S/C13H21N3/c1-9(2)12-8-10(3)15-13(16-12)11-4-6-14-7-5-11/h8-9,11,14H,4-7H2,1-3H3. The molecule has 0 atom stereocenters. The number of piperidine rings is 1. The van der Waals surface area contributed by atoms with Crippen molar-refractivity contribution in [1.82, 2.24) is 15.3 Å². The lowest BCUT2D eigenvalue weighted by Crippen LogP contribution is -2.27. The first-order chi connectivity index (χ1) is 7.66. The molecule has 1 aromatic heterocycles. The molecule has 16 heavy (non-hydrogen) atoms. The van der Waals surface area contributed by atoms with Crippen molar-refractivity contribution in [3.05, 3.63) is 23.3 Å². The van der Waals surface area contributed by atoms with Crippen molar-refractivity contribution in [2.75, 3.05) is 13.1 Å². The fourth-order valence-electron chi connectivity index (χ4n) is 2.17. The van der Waals surface area contributed by atoms with Crippen molar-refractivity contribution in [2.45, 2.75) is 45.4 Å². The predicted octanol–water partition coefficient (Wildman–Crippen LogP) is 2.38. The summed E-state index contributed by atoms with van der Waals surface area (Å²) in [5, 5.41) is 3.38. The third-order valence-electron chi connectivity index (χ3n) is 3.19. The number of aromatic nitrogens is 2. The summed E-state index contributed by atoms with van der Waals surface area (Å²) in [6, 6.07) is 2.11. The van der Waals surface area contributed by atoms with Gasteiger partial charge in [0.15, 0.2) is 0 Å². The fourth-order valence-corrected chi connectivity index (χ4v) is 2.17. The Bertz CT molecular complexity index is 354. The SMILES string of the molecule is Cc1cc(C(C)C)nc(C2CCNCC2)n1. The molecule has 3 heteroatoms. The van der Waals surface area contributed by atoms with Gasteiger partial charge in [-0.3, -0.25) is 0 Å². The van der Waals surface area contributed by atoms with Crippen LogP contribution < -0.4 is 5.32 Å². The van der Waals surface area contributed by atoms with E-state index in [9.17, 15) is 0 Å². The fraction of sp³-hybridized carbons (Fsp3) is 0.692. The van der Waals surface area contributed by atoms with Gasteiger partial charge in [0.1, 0.15) is 5.82 Å². The van der Waals surface area contributed by atoms with Crippen molar-refractivity contribution in [3.8, 4) is 0 Å². The predicted molar refractivity (Wildman–Crippen MR) is 65.7 cm³/mol. The molecular weight excluding hydrogens is 198 g/mol. The second kappa shape index (κ2) is 4.91. The normalized spacial score (nSPS) is 18.0. The maximum absolute atomic E-state index is 4.72. The van der Waals surface area contributed by atoms with Crippen LogP contribution in [-0.2, 0) is 0 Å². The first-order valence-electron chi connectivity index (χ1n) is 6.23. The van der Waals surface area contributed by atoms with Gasteiger partial charge in [0.2, 0.25) is 0 Å². The van der Waals surface area contributed by atoms with E-state index in [0.717, 1.165) is 24.6 Å². The lowest BCUT2D eigenvalue weighted by atomic mass is 9.96. The Labute approximate surface area is 97.7 Å². The van der Waals surface area contributed by atoms with Crippen molar-refractivity contribution >= 4 is 0 Å². The molecule has 3 nitrogen and oxygen atoms in total. The Balaban J connectivity index is 2.25. The van der Waals surface area contributed by atoms with E-state index in [1.807, 2.05) is 0 Å². The quantitative estimate of drug-likeness (QED) is 0.830. The maximum atomic E-state index is 4.72. The minimum Gasteiger partial charge on any atom is -0.317 e. The summed E-state index contributed by atoms with van der Waals surface area (Å²) >= 11 is 0. The Morgan fingerprint density at radius 1 is 1.25 bits per heavy atom. The maximum Gasteiger partial charge on any atom is 0.132 e. The molecule has 0 aliphatic carbocycles. The van der Waals surface area contributed by atoms with Crippen LogP contribution in [0.1, 0.15) is 55.7 Å². The first kappa shape index (κ1) is 11.5. The van der Waals surface area contributed by atoms with Crippen LogP contribution in [0.2, 0.25) is 0 Å². The second-order valence-corrected chi connectivity index (χ2v) is 4.97. The summed E-state index contributed by atoms with van der Waals surface area (Å²) in [4.78, 5) is 9.32. The van der Waals surface area contributed by atoms with Crippen LogP contribution in [0.25, 0.3) is 0 Å². The molecular formula is C13H21N3. The van der Waals surface area contributed by atoms with E-state index >= 15 is 0 Å². The average molecular weight is 219 g/mol. The van der Waals surface area contributed by atoms with Gasteiger partial charge < -0.3 is 5.32 Å². The van der Waals surface area contributed by atoms with E-state index in [-0.39, 0.29) is 0 Å². The molecule has 88 valence electrons.